The van der Waals surface area contributed by atoms with Gasteiger partial charge >= 0.3 is 0 Å². The van der Waals surface area contributed by atoms with Gasteiger partial charge in [0.1, 0.15) is 5.75 Å². The molecule has 0 unspecified atom stereocenters. The predicted molar refractivity (Wildman–Crippen MR) is 90.7 cm³/mol. The van der Waals surface area contributed by atoms with E-state index in [1.807, 2.05) is 13.1 Å². The Morgan fingerprint density at radius 2 is 1.95 bits per heavy atom. The molecule has 116 valence electrons. The first-order valence-corrected chi connectivity index (χ1v) is 8.31. The fraction of sp³-hybridized carbons (Fsp3) is 0.579. The first-order valence-electron chi connectivity index (χ1n) is 8.31. The molecule has 2 rings (SSSR count). The molecule has 21 heavy (non-hydrogen) atoms. The van der Waals surface area contributed by atoms with Crippen molar-refractivity contribution < 1.29 is 4.74 Å². The number of rotatable bonds is 6. The summed E-state index contributed by atoms with van der Waals surface area (Å²) >= 11 is 0. The highest BCUT2D eigenvalue weighted by atomic mass is 16.5. The van der Waals surface area contributed by atoms with Crippen LogP contribution in [-0.2, 0) is 0 Å². The standard InChI is InChI=1S/C19H29NO/c1-15(2)21-19-12-8-7-11-17(19)13-18(14-20-3)16-9-5-4-6-10-16/h7-8,11-13,15-16,20H,4-6,9-10,14H2,1-3H3/b18-13-. The van der Waals surface area contributed by atoms with Crippen LogP contribution in [0.4, 0.5) is 0 Å². The third-order valence-corrected chi connectivity index (χ3v) is 4.13. The van der Waals surface area contributed by atoms with Gasteiger partial charge in [0.25, 0.3) is 0 Å². The van der Waals surface area contributed by atoms with Crippen LogP contribution in [0.3, 0.4) is 0 Å². The van der Waals surface area contributed by atoms with Gasteiger partial charge in [-0.05, 0) is 45.7 Å². The Morgan fingerprint density at radius 3 is 2.62 bits per heavy atom. The molecule has 0 atom stereocenters. The molecule has 1 aliphatic carbocycles. The Hall–Kier alpha value is -1.28. The van der Waals surface area contributed by atoms with Crippen LogP contribution in [0.1, 0.15) is 51.5 Å². The lowest BCUT2D eigenvalue weighted by Crippen LogP contribution is -2.19. The fourth-order valence-corrected chi connectivity index (χ4v) is 3.15. The Balaban J connectivity index is 2.24. The second-order valence-electron chi connectivity index (χ2n) is 6.29. The van der Waals surface area contributed by atoms with Crippen molar-refractivity contribution in [3.8, 4) is 5.75 Å². The summed E-state index contributed by atoms with van der Waals surface area (Å²) in [4.78, 5) is 0. The maximum absolute atomic E-state index is 5.95. The van der Waals surface area contributed by atoms with Gasteiger partial charge in [-0.3, -0.25) is 0 Å². The van der Waals surface area contributed by atoms with Crippen molar-refractivity contribution in [1.82, 2.24) is 5.32 Å². The Kier molecular flexibility index (Phi) is 6.31. The monoisotopic (exact) mass is 287 g/mol. The van der Waals surface area contributed by atoms with Crippen LogP contribution in [0.5, 0.6) is 5.75 Å². The van der Waals surface area contributed by atoms with E-state index in [4.69, 9.17) is 4.74 Å². The number of ether oxygens (including phenoxy) is 1. The van der Waals surface area contributed by atoms with Gasteiger partial charge in [-0.2, -0.15) is 0 Å². The van der Waals surface area contributed by atoms with Gasteiger partial charge in [0.15, 0.2) is 0 Å². The lowest BCUT2D eigenvalue weighted by molar-refractivity contribution is 0.242. The van der Waals surface area contributed by atoms with Gasteiger partial charge < -0.3 is 10.1 Å². The second-order valence-corrected chi connectivity index (χ2v) is 6.29. The molecule has 2 heteroatoms. The molecule has 1 aromatic carbocycles. The molecule has 1 fully saturated rings. The van der Waals surface area contributed by atoms with Crippen LogP contribution in [0, 0.1) is 5.92 Å². The van der Waals surface area contributed by atoms with Gasteiger partial charge in [-0.15, -0.1) is 0 Å². The van der Waals surface area contributed by atoms with Crippen molar-refractivity contribution in [2.24, 2.45) is 5.92 Å². The molecule has 0 heterocycles. The molecular weight excluding hydrogens is 258 g/mol. The van der Waals surface area contributed by atoms with E-state index in [1.54, 1.807) is 0 Å². The third kappa shape index (κ3) is 4.89. The summed E-state index contributed by atoms with van der Waals surface area (Å²) in [5.41, 5.74) is 2.74. The topological polar surface area (TPSA) is 21.3 Å². The van der Waals surface area contributed by atoms with E-state index < -0.39 is 0 Å². The lowest BCUT2D eigenvalue weighted by atomic mass is 9.83. The summed E-state index contributed by atoms with van der Waals surface area (Å²) in [6, 6.07) is 8.38. The normalized spacial score (nSPS) is 17.2. The van der Waals surface area contributed by atoms with Crippen LogP contribution in [-0.4, -0.2) is 19.7 Å². The zero-order valence-corrected chi connectivity index (χ0v) is 13.7. The number of hydrogen-bond donors (Lipinski definition) is 1. The Morgan fingerprint density at radius 1 is 1.24 bits per heavy atom. The van der Waals surface area contributed by atoms with Crippen molar-refractivity contribution in [3.05, 3.63) is 35.4 Å². The van der Waals surface area contributed by atoms with E-state index in [2.05, 4.69) is 43.4 Å². The predicted octanol–water partition coefficient (Wildman–Crippen LogP) is 4.66. The van der Waals surface area contributed by atoms with Crippen LogP contribution in [0.15, 0.2) is 29.8 Å². The Bertz CT molecular complexity index is 458. The molecule has 1 N–H and O–H groups in total. The molecular formula is C19H29NO. The molecule has 2 nitrogen and oxygen atoms in total. The molecule has 0 aromatic heterocycles. The molecule has 1 saturated carbocycles. The molecule has 0 bridgehead atoms. The van der Waals surface area contributed by atoms with E-state index in [-0.39, 0.29) is 6.10 Å². The number of likely N-dealkylation sites (N-methyl/N-ethyl adjacent to an activating group) is 1. The van der Waals surface area contributed by atoms with E-state index in [0.29, 0.717) is 0 Å². The minimum absolute atomic E-state index is 0.210. The first kappa shape index (κ1) is 16.1. The number of benzene rings is 1. The molecule has 0 aliphatic heterocycles. The van der Waals surface area contributed by atoms with Gasteiger partial charge in [0, 0.05) is 12.1 Å². The minimum atomic E-state index is 0.210. The maximum atomic E-state index is 5.95. The zero-order chi connectivity index (χ0) is 15.1. The zero-order valence-electron chi connectivity index (χ0n) is 13.7. The second kappa shape index (κ2) is 8.23. The number of hydrogen-bond acceptors (Lipinski definition) is 2. The molecule has 0 radical (unpaired) electrons. The third-order valence-electron chi connectivity index (χ3n) is 4.13. The molecule has 0 spiro atoms. The minimum Gasteiger partial charge on any atom is -0.490 e. The average Bonchev–Trinajstić information content (AvgIpc) is 2.49. The molecule has 0 amide bonds. The highest BCUT2D eigenvalue weighted by molar-refractivity contribution is 5.60. The highest BCUT2D eigenvalue weighted by Gasteiger charge is 2.18. The van der Waals surface area contributed by atoms with Crippen molar-refractivity contribution in [2.75, 3.05) is 13.6 Å². The Labute approximate surface area is 129 Å². The quantitative estimate of drug-likeness (QED) is 0.822. The number of nitrogens with one attached hydrogen (secondary N) is 1. The molecule has 0 saturated heterocycles. The van der Waals surface area contributed by atoms with E-state index in [1.165, 1.54) is 43.2 Å². The van der Waals surface area contributed by atoms with Crippen molar-refractivity contribution >= 4 is 6.08 Å². The van der Waals surface area contributed by atoms with Crippen LogP contribution in [0.2, 0.25) is 0 Å². The van der Waals surface area contributed by atoms with Crippen LogP contribution in [0.25, 0.3) is 6.08 Å². The summed E-state index contributed by atoms with van der Waals surface area (Å²) in [5, 5.41) is 3.34. The molecule has 1 aromatic rings. The lowest BCUT2D eigenvalue weighted by Gasteiger charge is -2.25. The number of para-hydroxylation sites is 1. The van der Waals surface area contributed by atoms with Gasteiger partial charge in [-0.1, -0.05) is 49.1 Å². The largest absolute Gasteiger partial charge is 0.490 e. The van der Waals surface area contributed by atoms with E-state index in [0.717, 1.165) is 18.2 Å². The fourth-order valence-electron chi connectivity index (χ4n) is 3.15. The average molecular weight is 287 g/mol. The summed E-state index contributed by atoms with van der Waals surface area (Å²) in [6.07, 6.45) is 9.37. The van der Waals surface area contributed by atoms with Gasteiger partial charge in [-0.25, -0.2) is 0 Å². The SMILES string of the molecule is CNC/C(=C/c1ccccc1OC(C)C)C1CCCCC1. The van der Waals surface area contributed by atoms with Crippen molar-refractivity contribution in [1.29, 1.82) is 0 Å². The van der Waals surface area contributed by atoms with Crippen LogP contribution >= 0.6 is 0 Å². The highest BCUT2D eigenvalue weighted by Crippen LogP contribution is 2.32. The van der Waals surface area contributed by atoms with Gasteiger partial charge in [0.2, 0.25) is 0 Å². The first-order chi connectivity index (χ1) is 10.2. The molecule has 1 aliphatic rings. The summed E-state index contributed by atoms with van der Waals surface area (Å²) in [6.45, 7) is 5.13. The van der Waals surface area contributed by atoms with Crippen LogP contribution < -0.4 is 10.1 Å². The maximum Gasteiger partial charge on any atom is 0.126 e. The smallest absolute Gasteiger partial charge is 0.126 e. The summed E-state index contributed by atoms with van der Waals surface area (Å²) < 4.78 is 5.95. The van der Waals surface area contributed by atoms with Crippen molar-refractivity contribution in [3.63, 3.8) is 0 Å². The van der Waals surface area contributed by atoms with Gasteiger partial charge in [0.05, 0.1) is 6.10 Å². The summed E-state index contributed by atoms with van der Waals surface area (Å²) in [5.74, 6) is 1.73. The van der Waals surface area contributed by atoms with E-state index in [9.17, 15) is 0 Å². The summed E-state index contributed by atoms with van der Waals surface area (Å²) in [7, 11) is 2.03. The van der Waals surface area contributed by atoms with E-state index >= 15 is 0 Å². The van der Waals surface area contributed by atoms with Crippen molar-refractivity contribution in [2.45, 2.75) is 52.1 Å².